The number of nitro groups is 1. The molecule has 1 saturated carbocycles. The maximum Gasteiger partial charge on any atom is 0.311 e. The third-order valence-electron chi connectivity index (χ3n) is 4.29. The van der Waals surface area contributed by atoms with Crippen molar-refractivity contribution in [1.82, 2.24) is 0 Å². The topological polar surface area (TPSA) is 89.7 Å². The molecule has 2 unspecified atom stereocenters. The number of hydrogen-bond acceptors (Lipinski definition) is 4. The van der Waals surface area contributed by atoms with E-state index in [1.54, 1.807) is 6.07 Å². The van der Waals surface area contributed by atoms with Crippen LogP contribution in [-0.2, 0) is 11.2 Å². The maximum atomic E-state index is 11.7. The molecule has 1 N–H and O–H groups in total. The van der Waals surface area contributed by atoms with E-state index < -0.39 is 16.3 Å². The summed E-state index contributed by atoms with van der Waals surface area (Å²) in [6.45, 7) is 2.04. The fourth-order valence-electron chi connectivity index (χ4n) is 3.20. The van der Waals surface area contributed by atoms with Gasteiger partial charge >= 0.3 is 11.7 Å². The molecule has 0 aromatic heterocycles. The van der Waals surface area contributed by atoms with Crippen LogP contribution in [-0.4, -0.2) is 23.1 Å². The van der Waals surface area contributed by atoms with Gasteiger partial charge in [-0.1, -0.05) is 13.0 Å². The van der Waals surface area contributed by atoms with Crippen LogP contribution >= 0.6 is 0 Å². The third kappa shape index (κ3) is 2.99. The van der Waals surface area contributed by atoms with Gasteiger partial charge in [-0.25, -0.2) is 0 Å². The molecule has 1 aliphatic carbocycles. The molecule has 0 saturated heterocycles. The average molecular weight is 293 g/mol. The molecule has 0 spiro atoms. The molecule has 2 atom stereocenters. The van der Waals surface area contributed by atoms with Crippen LogP contribution in [0.3, 0.4) is 0 Å². The molecule has 1 aliphatic rings. The highest BCUT2D eigenvalue weighted by Gasteiger charge is 2.44. The number of carbonyl (C=O) groups is 1. The molecule has 0 aliphatic heterocycles. The Hall–Kier alpha value is -2.11. The van der Waals surface area contributed by atoms with E-state index >= 15 is 0 Å². The van der Waals surface area contributed by atoms with Crippen LogP contribution in [0.25, 0.3) is 0 Å². The number of carboxylic acids is 1. The Labute approximate surface area is 122 Å². The molecular formula is C15H19NO5. The van der Waals surface area contributed by atoms with E-state index in [4.69, 9.17) is 4.74 Å². The molecular weight excluding hydrogens is 274 g/mol. The van der Waals surface area contributed by atoms with Crippen molar-refractivity contribution in [3.05, 3.63) is 33.9 Å². The van der Waals surface area contributed by atoms with E-state index in [9.17, 15) is 20.0 Å². The van der Waals surface area contributed by atoms with Crippen LogP contribution in [0.2, 0.25) is 0 Å². The number of aliphatic carboxylic acids is 1. The summed E-state index contributed by atoms with van der Waals surface area (Å²) < 4.78 is 4.96. The molecule has 1 fully saturated rings. The second kappa shape index (κ2) is 5.71. The summed E-state index contributed by atoms with van der Waals surface area (Å²) in [7, 11) is 1.37. The minimum absolute atomic E-state index is 0.124. The van der Waals surface area contributed by atoms with Gasteiger partial charge in [-0.15, -0.1) is 0 Å². The number of nitro benzene ring substituents is 1. The second-order valence-corrected chi connectivity index (χ2v) is 5.87. The molecule has 0 bridgehead atoms. The van der Waals surface area contributed by atoms with Crippen molar-refractivity contribution in [2.24, 2.45) is 11.3 Å². The van der Waals surface area contributed by atoms with Crippen molar-refractivity contribution in [1.29, 1.82) is 0 Å². The van der Waals surface area contributed by atoms with Crippen LogP contribution in [0.5, 0.6) is 5.75 Å². The van der Waals surface area contributed by atoms with E-state index in [0.29, 0.717) is 30.7 Å². The fourth-order valence-corrected chi connectivity index (χ4v) is 3.20. The number of methoxy groups -OCH3 is 1. The number of carboxylic acid groups (broad SMARTS) is 1. The first-order valence-corrected chi connectivity index (χ1v) is 6.92. The van der Waals surface area contributed by atoms with Crippen LogP contribution in [0.15, 0.2) is 18.2 Å². The lowest BCUT2D eigenvalue weighted by Gasteiger charge is -2.24. The molecule has 6 nitrogen and oxygen atoms in total. The second-order valence-electron chi connectivity index (χ2n) is 5.87. The summed E-state index contributed by atoms with van der Waals surface area (Å²) in [6, 6.07) is 4.66. The Balaban J connectivity index is 2.32. The van der Waals surface area contributed by atoms with Gasteiger partial charge in [-0.05, 0) is 43.2 Å². The molecule has 114 valence electrons. The van der Waals surface area contributed by atoms with Crippen molar-refractivity contribution in [2.45, 2.75) is 32.6 Å². The highest BCUT2D eigenvalue weighted by atomic mass is 16.6. The SMILES string of the molecule is COc1ccc(CC2(C(=O)O)CCC(C)C2)cc1[N+](=O)[O-]. The summed E-state index contributed by atoms with van der Waals surface area (Å²) >= 11 is 0. The predicted octanol–water partition coefficient (Wildman–Crippen LogP) is 3.04. The standard InChI is InChI=1S/C15H19NO5/c1-10-5-6-15(8-10,14(17)18)9-11-3-4-13(21-2)12(7-11)16(19)20/h3-4,7,10H,5-6,8-9H2,1-2H3,(H,17,18). The van der Waals surface area contributed by atoms with Crippen LogP contribution < -0.4 is 4.74 Å². The number of rotatable bonds is 5. The van der Waals surface area contributed by atoms with E-state index in [1.165, 1.54) is 19.2 Å². The molecule has 1 aromatic carbocycles. The van der Waals surface area contributed by atoms with Crippen LogP contribution in [0, 0.1) is 21.4 Å². The lowest BCUT2D eigenvalue weighted by Crippen LogP contribution is -2.30. The number of nitrogens with zero attached hydrogens (tertiary/aromatic N) is 1. The molecule has 21 heavy (non-hydrogen) atoms. The van der Waals surface area contributed by atoms with Crippen molar-refractivity contribution >= 4 is 11.7 Å². The van der Waals surface area contributed by atoms with Gasteiger partial charge in [-0.3, -0.25) is 14.9 Å². The van der Waals surface area contributed by atoms with Crippen LogP contribution in [0.4, 0.5) is 5.69 Å². The quantitative estimate of drug-likeness (QED) is 0.665. The minimum Gasteiger partial charge on any atom is -0.490 e. The van der Waals surface area contributed by atoms with Gasteiger partial charge in [-0.2, -0.15) is 0 Å². The van der Waals surface area contributed by atoms with Gasteiger partial charge in [0.15, 0.2) is 5.75 Å². The fraction of sp³-hybridized carbons (Fsp3) is 0.533. The van der Waals surface area contributed by atoms with Gasteiger partial charge < -0.3 is 9.84 Å². The predicted molar refractivity (Wildman–Crippen MR) is 76.4 cm³/mol. The third-order valence-corrected chi connectivity index (χ3v) is 4.29. The first kappa shape index (κ1) is 15.3. The van der Waals surface area contributed by atoms with Crippen molar-refractivity contribution < 1.29 is 19.6 Å². The van der Waals surface area contributed by atoms with E-state index in [2.05, 4.69) is 0 Å². The van der Waals surface area contributed by atoms with Crippen LogP contribution in [0.1, 0.15) is 31.7 Å². The number of hydrogen-bond donors (Lipinski definition) is 1. The molecule has 0 amide bonds. The Morgan fingerprint density at radius 3 is 2.76 bits per heavy atom. The number of ether oxygens (including phenoxy) is 1. The van der Waals surface area contributed by atoms with Gasteiger partial charge in [0, 0.05) is 6.07 Å². The zero-order chi connectivity index (χ0) is 15.6. The summed E-state index contributed by atoms with van der Waals surface area (Å²) in [5, 5.41) is 20.6. The maximum absolute atomic E-state index is 11.7. The van der Waals surface area contributed by atoms with Gasteiger partial charge in [0.1, 0.15) is 0 Å². The van der Waals surface area contributed by atoms with E-state index in [-0.39, 0.29) is 11.4 Å². The van der Waals surface area contributed by atoms with Crippen molar-refractivity contribution in [2.75, 3.05) is 7.11 Å². The summed E-state index contributed by atoms with van der Waals surface area (Å²) in [5.41, 5.74) is -0.261. The first-order valence-electron chi connectivity index (χ1n) is 6.92. The van der Waals surface area contributed by atoms with Gasteiger partial charge in [0.05, 0.1) is 17.4 Å². The monoisotopic (exact) mass is 293 g/mol. The Morgan fingerprint density at radius 2 is 2.29 bits per heavy atom. The first-order chi connectivity index (χ1) is 9.88. The van der Waals surface area contributed by atoms with Gasteiger partial charge in [0.2, 0.25) is 0 Å². The Morgan fingerprint density at radius 1 is 1.57 bits per heavy atom. The summed E-state index contributed by atoms with van der Waals surface area (Å²) in [5.74, 6) is -0.257. The number of benzene rings is 1. The largest absolute Gasteiger partial charge is 0.490 e. The lowest BCUT2D eigenvalue weighted by atomic mass is 9.79. The highest BCUT2D eigenvalue weighted by Crippen LogP contribution is 2.45. The van der Waals surface area contributed by atoms with Crippen molar-refractivity contribution in [3.63, 3.8) is 0 Å². The molecule has 0 heterocycles. The van der Waals surface area contributed by atoms with E-state index in [0.717, 1.165) is 6.42 Å². The zero-order valence-corrected chi connectivity index (χ0v) is 12.2. The normalized spacial score (nSPS) is 24.8. The average Bonchev–Trinajstić information content (AvgIpc) is 2.81. The van der Waals surface area contributed by atoms with E-state index in [1.807, 2.05) is 6.92 Å². The molecule has 0 radical (unpaired) electrons. The Bertz CT molecular complexity index is 571. The molecule has 2 rings (SSSR count). The lowest BCUT2D eigenvalue weighted by molar-refractivity contribution is -0.385. The summed E-state index contributed by atoms with van der Waals surface area (Å²) in [4.78, 5) is 22.2. The smallest absolute Gasteiger partial charge is 0.311 e. The zero-order valence-electron chi connectivity index (χ0n) is 12.2. The molecule has 6 heteroatoms. The van der Waals surface area contributed by atoms with Crippen molar-refractivity contribution in [3.8, 4) is 5.75 Å². The Kier molecular flexibility index (Phi) is 4.16. The van der Waals surface area contributed by atoms with Gasteiger partial charge in [0.25, 0.3) is 0 Å². The highest BCUT2D eigenvalue weighted by molar-refractivity contribution is 5.75. The minimum atomic E-state index is -0.815. The summed E-state index contributed by atoms with van der Waals surface area (Å²) in [6.07, 6.45) is 2.42. The molecule has 1 aromatic rings.